The molecule has 0 unspecified atom stereocenters. The van der Waals surface area contributed by atoms with E-state index in [1.807, 2.05) is 12.1 Å². The van der Waals surface area contributed by atoms with Gasteiger partial charge in [0.25, 0.3) is 0 Å². The van der Waals surface area contributed by atoms with Crippen LogP contribution in [-0.4, -0.2) is 0 Å². The van der Waals surface area contributed by atoms with Gasteiger partial charge in [0.05, 0.1) is 5.56 Å². The van der Waals surface area contributed by atoms with E-state index in [0.717, 1.165) is 11.5 Å². The van der Waals surface area contributed by atoms with Gasteiger partial charge >= 0.3 is 0 Å². The molecule has 102 valence electrons. The van der Waals surface area contributed by atoms with Crippen LogP contribution in [0.5, 0.6) is 0 Å². The van der Waals surface area contributed by atoms with E-state index in [1.54, 1.807) is 12.1 Å². The van der Waals surface area contributed by atoms with Crippen LogP contribution < -0.4 is 0 Å². The Kier molecular flexibility index (Phi) is 4.96. The molecule has 2 rings (SSSR count). The highest BCUT2D eigenvalue weighted by Gasteiger charge is 2.22. The highest BCUT2D eigenvalue weighted by atomic mass is 19.1. The van der Waals surface area contributed by atoms with Crippen LogP contribution >= 0.6 is 0 Å². The molecule has 1 aliphatic rings. The lowest BCUT2D eigenvalue weighted by atomic mass is 9.77. The number of benzene rings is 1. The molecule has 1 aromatic carbocycles. The normalized spacial score (nSPS) is 23.0. The molecular formula is C17H22FN. The van der Waals surface area contributed by atoms with Gasteiger partial charge in [-0.05, 0) is 55.2 Å². The molecule has 0 aromatic heterocycles. The van der Waals surface area contributed by atoms with Gasteiger partial charge in [-0.1, -0.05) is 32.3 Å². The number of rotatable bonds is 4. The molecular weight excluding hydrogens is 237 g/mol. The predicted octanol–water partition coefficient (Wildman–Crippen LogP) is 5.16. The van der Waals surface area contributed by atoms with Crippen molar-refractivity contribution >= 4 is 0 Å². The van der Waals surface area contributed by atoms with E-state index in [1.165, 1.54) is 44.9 Å². The van der Waals surface area contributed by atoms with E-state index in [4.69, 9.17) is 5.26 Å². The first-order valence-electron chi connectivity index (χ1n) is 7.44. The van der Waals surface area contributed by atoms with Gasteiger partial charge in [-0.25, -0.2) is 4.39 Å². The van der Waals surface area contributed by atoms with Crippen LogP contribution in [0.25, 0.3) is 0 Å². The number of halogens is 1. The van der Waals surface area contributed by atoms with Crippen LogP contribution in [0.4, 0.5) is 4.39 Å². The highest BCUT2D eigenvalue weighted by molar-refractivity contribution is 5.34. The van der Waals surface area contributed by atoms with Gasteiger partial charge in [-0.3, -0.25) is 0 Å². The maximum atomic E-state index is 13.6. The number of hydrogen-bond acceptors (Lipinski definition) is 1. The molecule has 1 saturated carbocycles. The van der Waals surface area contributed by atoms with Gasteiger partial charge < -0.3 is 0 Å². The molecule has 0 spiro atoms. The minimum atomic E-state index is -0.367. The van der Waals surface area contributed by atoms with Gasteiger partial charge in [0.2, 0.25) is 0 Å². The second-order valence-electron chi connectivity index (χ2n) is 5.71. The highest BCUT2D eigenvalue weighted by Crippen LogP contribution is 2.37. The first-order valence-corrected chi connectivity index (χ1v) is 7.44. The zero-order valence-electron chi connectivity index (χ0n) is 11.7. The predicted molar refractivity (Wildman–Crippen MR) is 75.3 cm³/mol. The SMILES string of the molecule is CCCCC1CCC(c2ccc(C#N)c(F)c2)CC1. The van der Waals surface area contributed by atoms with Crippen molar-refractivity contribution in [3.05, 3.63) is 35.1 Å². The van der Waals surface area contributed by atoms with E-state index in [0.29, 0.717) is 5.92 Å². The molecule has 1 aliphatic carbocycles. The standard InChI is InChI=1S/C17H22FN/c1-2-3-4-13-5-7-14(8-6-13)15-9-10-16(12-19)17(18)11-15/h9-11,13-14H,2-8H2,1H3. The van der Waals surface area contributed by atoms with Crippen molar-refractivity contribution in [2.24, 2.45) is 5.92 Å². The summed E-state index contributed by atoms with van der Waals surface area (Å²) < 4.78 is 13.6. The van der Waals surface area contributed by atoms with Crippen molar-refractivity contribution < 1.29 is 4.39 Å². The van der Waals surface area contributed by atoms with Crippen LogP contribution in [0.2, 0.25) is 0 Å². The second kappa shape index (κ2) is 6.70. The average molecular weight is 259 g/mol. The Labute approximate surface area is 115 Å². The van der Waals surface area contributed by atoms with Gasteiger partial charge in [0.15, 0.2) is 0 Å². The van der Waals surface area contributed by atoms with E-state index in [9.17, 15) is 4.39 Å². The van der Waals surface area contributed by atoms with E-state index >= 15 is 0 Å². The summed E-state index contributed by atoms with van der Waals surface area (Å²) in [5.41, 5.74) is 1.23. The van der Waals surface area contributed by atoms with Crippen LogP contribution in [0.15, 0.2) is 18.2 Å². The van der Waals surface area contributed by atoms with Crippen molar-refractivity contribution in [1.29, 1.82) is 5.26 Å². The Bertz CT molecular complexity index is 453. The largest absolute Gasteiger partial charge is 0.206 e. The smallest absolute Gasteiger partial charge is 0.141 e. The fourth-order valence-electron chi connectivity index (χ4n) is 3.15. The molecule has 0 amide bonds. The van der Waals surface area contributed by atoms with Crippen LogP contribution in [-0.2, 0) is 0 Å². The summed E-state index contributed by atoms with van der Waals surface area (Å²) in [6.45, 7) is 2.24. The molecule has 1 fully saturated rings. The molecule has 0 N–H and O–H groups in total. The Balaban J connectivity index is 1.94. The van der Waals surface area contributed by atoms with Crippen LogP contribution in [0, 0.1) is 23.1 Å². The molecule has 0 radical (unpaired) electrons. The fourth-order valence-corrected chi connectivity index (χ4v) is 3.15. The third-order valence-electron chi connectivity index (χ3n) is 4.40. The first kappa shape index (κ1) is 14.1. The van der Waals surface area contributed by atoms with E-state index in [-0.39, 0.29) is 11.4 Å². The Hall–Kier alpha value is -1.36. The summed E-state index contributed by atoms with van der Waals surface area (Å²) in [7, 11) is 0. The van der Waals surface area contributed by atoms with Crippen LogP contribution in [0.3, 0.4) is 0 Å². The lowest BCUT2D eigenvalue weighted by Crippen LogP contribution is -2.13. The Morgan fingerprint density at radius 1 is 1.26 bits per heavy atom. The van der Waals surface area contributed by atoms with Gasteiger partial charge in [0.1, 0.15) is 11.9 Å². The summed E-state index contributed by atoms with van der Waals surface area (Å²) in [6.07, 6.45) is 8.84. The lowest BCUT2D eigenvalue weighted by Gasteiger charge is -2.28. The van der Waals surface area contributed by atoms with Gasteiger partial charge in [-0.2, -0.15) is 5.26 Å². The summed E-state index contributed by atoms with van der Waals surface area (Å²) >= 11 is 0. The minimum Gasteiger partial charge on any atom is -0.206 e. The zero-order valence-corrected chi connectivity index (χ0v) is 11.7. The zero-order chi connectivity index (χ0) is 13.7. The van der Waals surface area contributed by atoms with Crippen molar-refractivity contribution in [3.63, 3.8) is 0 Å². The van der Waals surface area contributed by atoms with Gasteiger partial charge in [-0.15, -0.1) is 0 Å². The summed E-state index contributed by atoms with van der Waals surface area (Å²) in [5.74, 6) is 0.993. The maximum absolute atomic E-state index is 13.6. The number of nitrogens with zero attached hydrogens (tertiary/aromatic N) is 1. The average Bonchev–Trinajstić information content (AvgIpc) is 2.45. The van der Waals surface area contributed by atoms with Crippen LogP contribution in [0.1, 0.15) is 68.9 Å². The molecule has 0 atom stereocenters. The molecule has 0 saturated heterocycles. The Morgan fingerprint density at radius 3 is 2.58 bits per heavy atom. The van der Waals surface area contributed by atoms with Crippen molar-refractivity contribution in [2.45, 2.75) is 57.8 Å². The third-order valence-corrected chi connectivity index (χ3v) is 4.40. The monoisotopic (exact) mass is 259 g/mol. The summed E-state index contributed by atoms with van der Waals surface area (Å²) in [4.78, 5) is 0. The molecule has 0 aliphatic heterocycles. The summed E-state index contributed by atoms with van der Waals surface area (Å²) in [6, 6.07) is 6.99. The quantitative estimate of drug-likeness (QED) is 0.732. The second-order valence-corrected chi connectivity index (χ2v) is 5.71. The molecule has 1 nitrogen and oxygen atoms in total. The lowest BCUT2D eigenvalue weighted by molar-refractivity contribution is 0.304. The number of unbranched alkanes of at least 4 members (excludes halogenated alkanes) is 1. The molecule has 2 heteroatoms. The molecule has 0 heterocycles. The fraction of sp³-hybridized carbons (Fsp3) is 0.588. The van der Waals surface area contributed by atoms with E-state index < -0.39 is 0 Å². The molecule has 19 heavy (non-hydrogen) atoms. The number of nitriles is 1. The number of hydrogen-bond donors (Lipinski definition) is 0. The Morgan fingerprint density at radius 2 is 2.00 bits per heavy atom. The first-order chi connectivity index (χ1) is 9.24. The topological polar surface area (TPSA) is 23.8 Å². The van der Waals surface area contributed by atoms with Crippen molar-refractivity contribution in [3.8, 4) is 6.07 Å². The van der Waals surface area contributed by atoms with Crippen molar-refractivity contribution in [2.75, 3.05) is 0 Å². The molecule has 0 bridgehead atoms. The third kappa shape index (κ3) is 3.56. The summed E-state index contributed by atoms with van der Waals surface area (Å²) in [5, 5.41) is 8.75. The minimum absolute atomic E-state index is 0.153. The molecule has 1 aromatic rings. The maximum Gasteiger partial charge on any atom is 0.141 e. The van der Waals surface area contributed by atoms with Gasteiger partial charge in [0, 0.05) is 0 Å². The van der Waals surface area contributed by atoms with E-state index in [2.05, 4.69) is 6.92 Å². The van der Waals surface area contributed by atoms with Crippen molar-refractivity contribution in [1.82, 2.24) is 0 Å².